The smallest absolute Gasteiger partial charge is 0.261 e. The molecular weight excluding hydrogens is 474 g/mol. The molecule has 9 heteroatoms. The van der Waals surface area contributed by atoms with Crippen LogP contribution in [0.2, 0.25) is 0 Å². The second-order valence-corrected chi connectivity index (χ2v) is 11.7. The molecule has 0 atom stereocenters. The van der Waals surface area contributed by atoms with Gasteiger partial charge in [-0.2, -0.15) is 0 Å². The minimum absolute atomic E-state index is 0.0592. The van der Waals surface area contributed by atoms with Gasteiger partial charge in [0.2, 0.25) is 0 Å². The van der Waals surface area contributed by atoms with Crippen molar-refractivity contribution >= 4 is 27.3 Å². The van der Waals surface area contributed by atoms with Gasteiger partial charge >= 0.3 is 0 Å². The second kappa shape index (κ2) is 11.6. The topological polar surface area (TPSA) is 85.0 Å². The molecule has 0 aliphatic carbocycles. The zero-order valence-corrected chi connectivity index (χ0v) is 22.5. The molecule has 36 heavy (non-hydrogen) atoms. The van der Waals surface area contributed by atoms with Gasteiger partial charge in [0.15, 0.2) is 0 Å². The summed E-state index contributed by atoms with van der Waals surface area (Å²) in [4.78, 5) is 19.9. The van der Waals surface area contributed by atoms with Crippen molar-refractivity contribution in [2.24, 2.45) is 5.92 Å². The molecule has 0 spiro atoms. The quantitative estimate of drug-likeness (QED) is 0.565. The first-order valence-electron chi connectivity index (χ1n) is 13.0. The molecule has 2 heterocycles. The van der Waals surface area contributed by atoms with E-state index < -0.39 is 10.0 Å². The van der Waals surface area contributed by atoms with Crippen molar-refractivity contribution in [3.8, 4) is 0 Å². The van der Waals surface area contributed by atoms with E-state index in [-0.39, 0.29) is 10.8 Å². The zero-order chi connectivity index (χ0) is 25.7. The molecule has 2 saturated heterocycles. The van der Waals surface area contributed by atoms with Crippen molar-refractivity contribution < 1.29 is 13.2 Å². The van der Waals surface area contributed by atoms with Crippen LogP contribution < -0.4 is 14.9 Å². The molecule has 2 aliphatic rings. The number of rotatable bonds is 8. The summed E-state index contributed by atoms with van der Waals surface area (Å²) in [5.74, 6) is 0.438. The molecule has 1 amide bonds. The van der Waals surface area contributed by atoms with Gasteiger partial charge in [-0.05, 0) is 54.8 Å². The Kier molecular flexibility index (Phi) is 8.54. The Hall–Kier alpha value is -2.62. The minimum atomic E-state index is -3.82. The number of likely N-dealkylation sites (N-methyl/N-ethyl adjacent to an activating group) is 1. The van der Waals surface area contributed by atoms with E-state index >= 15 is 0 Å². The summed E-state index contributed by atoms with van der Waals surface area (Å²) in [5, 5.41) is 3.33. The molecule has 2 aromatic rings. The third-order valence-electron chi connectivity index (χ3n) is 6.93. The fourth-order valence-electron chi connectivity index (χ4n) is 4.86. The predicted molar refractivity (Wildman–Crippen MR) is 145 cm³/mol. The number of carbonyl (C=O) groups excluding carboxylic acids is 1. The molecule has 196 valence electrons. The molecule has 4 rings (SSSR count). The van der Waals surface area contributed by atoms with Gasteiger partial charge in [-0.3, -0.25) is 9.52 Å². The van der Waals surface area contributed by atoms with E-state index in [0.717, 1.165) is 63.5 Å². The Morgan fingerprint density at radius 2 is 1.64 bits per heavy atom. The highest BCUT2D eigenvalue weighted by atomic mass is 32.2. The predicted octanol–water partition coefficient (Wildman–Crippen LogP) is 2.87. The summed E-state index contributed by atoms with van der Waals surface area (Å²) in [5.41, 5.74) is 2.86. The first-order chi connectivity index (χ1) is 17.3. The number of sulfonamides is 1. The van der Waals surface area contributed by atoms with Crippen molar-refractivity contribution in [1.29, 1.82) is 0 Å². The molecular formula is C27H39N5O3S. The summed E-state index contributed by atoms with van der Waals surface area (Å²) >= 11 is 0. The van der Waals surface area contributed by atoms with Crippen LogP contribution in [0.1, 0.15) is 36.7 Å². The number of nitrogens with zero attached hydrogens (tertiary/aromatic N) is 3. The van der Waals surface area contributed by atoms with Gasteiger partial charge < -0.3 is 20.0 Å². The highest BCUT2D eigenvalue weighted by Gasteiger charge is 2.25. The molecule has 0 aromatic heterocycles. The van der Waals surface area contributed by atoms with Crippen LogP contribution in [0.4, 0.5) is 11.4 Å². The number of piperazine rings is 2. The number of hydrogen-bond donors (Lipinski definition) is 2. The Morgan fingerprint density at radius 1 is 0.972 bits per heavy atom. The van der Waals surface area contributed by atoms with E-state index in [0.29, 0.717) is 30.3 Å². The Morgan fingerprint density at radius 3 is 2.25 bits per heavy atom. The van der Waals surface area contributed by atoms with Crippen LogP contribution in [0.5, 0.6) is 0 Å². The lowest BCUT2D eigenvalue weighted by molar-refractivity contribution is 0.0643. The summed E-state index contributed by atoms with van der Waals surface area (Å²) in [6.45, 7) is 13.6. The Labute approximate surface area is 215 Å². The molecule has 2 fully saturated rings. The number of hydrogen-bond acceptors (Lipinski definition) is 6. The standard InChI is InChI=1S/C27H39N5O3S/c1-4-30-15-17-32(18-16-30)27(33)23-7-10-26(31-13-11-28-12-14-31)25(20-23)29-36(34,35)24-8-5-22(6-9-24)19-21(2)3/h5-10,20-21,28-29H,4,11-19H2,1-3H3. The van der Waals surface area contributed by atoms with E-state index in [4.69, 9.17) is 0 Å². The lowest BCUT2D eigenvalue weighted by atomic mass is 10.0. The summed E-state index contributed by atoms with van der Waals surface area (Å²) in [6, 6.07) is 12.5. The highest BCUT2D eigenvalue weighted by Crippen LogP contribution is 2.31. The maximum Gasteiger partial charge on any atom is 0.261 e. The summed E-state index contributed by atoms with van der Waals surface area (Å²) in [7, 11) is -3.82. The number of amides is 1. The third kappa shape index (κ3) is 6.38. The molecule has 8 nitrogen and oxygen atoms in total. The van der Waals surface area contributed by atoms with Crippen molar-refractivity contribution in [2.75, 3.05) is 68.5 Å². The van der Waals surface area contributed by atoms with Gasteiger partial charge in [0.25, 0.3) is 15.9 Å². The molecule has 0 bridgehead atoms. The lowest BCUT2D eigenvalue weighted by Gasteiger charge is -2.34. The fraction of sp³-hybridized carbons (Fsp3) is 0.519. The zero-order valence-electron chi connectivity index (χ0n) is 21.7. The molecule has 2 aromatic carbocycles. The molecule has 0 saturated carbocycles. The van der Waals surface area contributed by atoms with Crippen LogP contribution in [0, 0.1) is 5.92 Å². The van der Waals surface area contributed by atoms with Crippen LogP contribution in [-0.4, -0.2) is 83.0 Å². The Bertz CT molecular complexity index is 1140. The van der Waals surface area contributed by atoms with Gasteiger partial charge in [0.05, 0.1) is 16.3 Å². The van der Waals surface area contributed by atoms with Gasteiger partial charge in [-0.15, -0.1) is 0 Å². The van der Waals surface area contributed by atoms with Crippen LogP contribution in [0.15, 0.2) is 47.4 Å². The van der Waals surface area contributed by atoms with Crippen LogP contribution in [0.25, 0.3) is 0 Å². The average Bonchev–Trinajstić information content (AvgIpc) is 2.88. The second-order valence-electron chi connectivity index (χ2n) is 10.0. The average molecular weight is 514 g/mol. The first-order valence-corrected chi connectivity index (χ1v) is 14.5. The van der Waals surface area contributed by atoms with Gasteiger partial charge in [-0.25, -0.2) is 8.42 Å². The van der Waals surface area contributed by atoms with E-state index in [1.807, 2.05) is 29.2 Å². The van der Waals surface area contributed by atoms with E-state index in [1.165, 1.54) is 0 Å². The largest absolute Gasteiger partial charge is 0.367 e. The summed E-state index contributed by atoms with van der Waals surface area (Å²) in [6.07, 6.45) is 0.900. The maximum absolute atomic E-state index is 13.4. The molecule has 0 radical (unpaired) electrons. The SMILES string of the molecule is CCN1CCN(C(=O)c2ccc(N3CCNCC3)c(NS(=O)(=O)c3ccc(CC(C)C)cc3)c2)CC1. The van der Waals surface area contributed by atoms with Gasteiger partial charge in [0, 0.05) is 57.9 Å². The van der Waals surface area contributed by atoms with Crippen LogP contribution in [-0.2, 0) is 16.4 Å². The number of benzene rings is 2. The Balaban J connectivity index is 1.60. The lowest BCUT2D eigenvalue weighted by Crippen LogP contribution is -2.48. The summed E-state index contributed by atoms with van der Waals surface area (Å²) < 4.78 is 29.6. The monoisotopic (exact) mass is 513 g/mol. The molecule has 2 N–H and O–H groups in total. The normalized spacial score (nSPS) is 17.4. The molecule has 0 unspecified atom stereocenters. The highest BCUT2D eigenvalue weighted by molar-refractivity contribution is 7.92. The van der Waals surface area contributed by atoms with Crippen molar-refractivity contribution in [3.63, 3.8) is 0 Å². The number of nitrogens with one attached hydrogen (secondary N) is 2. The fourth-order valence-corrected chi connectivity index (χ4v) is 5.93. The number of carbonyl (C=O) groups is 1. The van der Waals surface area contributed by atoms with Crippen LogP contribution >= 0.6 is 0 Å². The van der Waals surface area contributed by atoms with Gasteiger partial charge in [0.1, 0.15) is 0 Å². The van der Waals surface area contributed by atoms with E-state index in [2.05, 4.69) is 40.6 Å². The first kappa shape index (κ1) is 26.4. The van der Waals surface area contributed by atoms with Gasteiger partial charge in [-0.1, -0.05) is 32.9 Å². The maximum atomic E-state index is 13.4. The van der Waals surface area contributed by atoms with Crippen LogP contribution in [0.3, 0.4) is 0 Å². The number of anilines is 2. The van der Waals surface area contributed by atoms with Crippen molar-refractivity contribution in [1.82, 2.24) is 15.1 Å². The van der Waals surface area contributed by atoms with E-state index in [1.54, 1.807) is 18.2 Å². The third-order valence-corrected chi connectivity index (χ3v) is 8.31. The molecule has 2 aliphatic heterocycles. The van der Waals surface area contributed by atoms with Crippen molar-refractivity contribution in [2.45, 2.75) is 32.1 Å². The van der Waals surface area contributed by atoms with Crippen molar-refractivity contribution in [3.05, 3.63) is 53.6 Å². The minimum Gasteiger partial charge on any atom is -0.367 e. The van der Waals surface area contributed by atoms with E-state index in [9.17, 15) is 13.2 Å².